The highest BCUT2D eigenvalue weighted by molar-refractivity contribution is 8.76. The summed E-state index contributed by atoms with van der Waals surface area (Å²) >= 11 is 0. The first-order chi connectivity index (χ1) is 6.91. The summed E-state index contributed by atoms with van der Waals surface area (Å²) in [4.78, 5) is 0. The largest absolute Gasteiger partial charge is 0.0976 e. The fourth-order valence-electron chi connectivity index (χ4n) is 1.55. The van der Waals surface area contributed by atoms with Crippen molar-refractivity contribution in [1.82, 2.24) is 0 Å². The zero-order valence-corrected chi connectivity index (χ0v) is 11.5. The molecule has 14 heavy (non-hydrogen) atoms. The molecule has 0 aromatic carbocycles. The van der Waals surface area contributed by atoms with E-state index in [2.05, 4.69) is 13.2 Å². The van der Waals surface area contributed by atoms with Crippen LogP contribution in [0.4, 0.5) is 0 Å². The molecule has 0 N–H and O–H groups in total. The summed E-state index contributed by atoms with van der Waals surface area (Å²) in [6, 6.07) is 0. The first-order valence-electron chi connectivity index (χ1n) is 6.07. The van der Waals surface area contributed by atoms with Crippen molar-refractivity contribution in [1.29, 1.82) is 0 Å². The van der Waals surface area contributed by atoms with Gasteiger partial charge in [0.25, 0.3) is 0 Å². The second kappa shape index (κ2) is 13.7. The molecule has 86 valence electrons. The van der Waals surface area contributed by atoms with Gasteiger partial charge in [0.1, 0.15) is 0 Å². The lowest BCUT2D eigenvalue weighted by Crippen LogP contribution is -1.82. The van der Waals surface area contributed by atoms with E-state index in [-0.39, 0.29) is 0 Å². The van der Waals surface area contributed by atoms with Crippen molar-refractivity contribution in [2.45, 2.75) is 64.7 Å². The molecule has 0 unspecified atom stereocenters. The molecule has 0 aliphatic heterocycles. The lowest BCUT2D eigenvalue weighted by molar-refractivity contribution is 0.573. The maximum atomic E-state index is 2.28. The fraction of sp³-hybridized carbons (Fsp3) is 1.00. The summed E-state index contributed by atoms with van der Waals surface area (Å²) < 4.78 is 0. The van der Waals surface area contributed by atoms with Gasteiger partial charge >= 0.3 is 0 Å². The van der Waals surface area contributed by atoms with Gasteiger partial charge in [-0.2, -0.15) is 0 Å². The van der Waals surface area contributed by atoms with Crippen molar-refractivity contribution < 1.29 is 0 Å². The van der Waals surface area contributed by atoms with Gasteiger partial charge in [0.05, 0.1) is 0 Å². The standard InChI is InChI=1S/C12H26S2/c1-3-4-5-6-7-8-9-10-11-12-14-13-2/h3-12H2,1-2H3. The molecule has 0 aliphatic rings. The highest BCUT2D eigenvalue weighted by Crippen LogP contribution is 2.19. The Balaban J connectivity index is 2.78. The van der Waals surface area contributed by atoms with Crippen LogP contribution in [0.5, 0.6) is 0 Å². The molecule has 0 radical (unpaired) electrons. The zero-order valence-electron chi connectivity index (χ0n) is 9.89. The van der Waals surface area contributed by atoms with Gasteiger partial charge in [-0.1, -0.05) is 79.9 Å². The maximum Gasteiger partial charge on any atom is 0.00368 e. The van der Waals surface area contributed by atoms with Crippen LogP contribution in [0.15, 0.2) is 0 Å². The van der Waals surface area contributed by atoms with Gasteiger partial charge in [-0.3, -0.25) is 0 Å². The summed E-state index contributed by atoms with van der Waals surface area (Å²) in [5.41, 5.74) is 0. The summed E-state index contributed by atoms with van der Waals surface area (Å²) in [6.45, 7) is 2.28. The minimum absolute atomic E-state index is 1.34. The molecule has 0 fully saturated rings. The minimum Gasteiger partial charge on any atom is -0.0976 e. The van der Waals surface area contributed by atoms with E-state index in [1.165, 1.54) is 63.5 Å². The van der Waals surface area contributed by atoms with Crippen molar-refractivity contribution in [2.75, 3.05) is 12.0 Å². The topological polar surface area (TPSA) is 0 Å². The quantitative estimate of drug-likeness (QED) is 0.340. The Morgan fingerprint density at radius 1 is 0.714 bits per heavy atom. The molecule has 0 saturated carbocycles. The lowest BCUT2D eigenvalue weighted by Gasteiger charge is -2.01. The van der Waals surface area contributed by atoms with Crippen molar-refractivity contribution in [2.24, 2.45) is 0 Å². The molecule has 0 saturated heterocycles. The van der Waals surface area contributed by atoms with Crippen LogP contribution in [0.1, 0.15) is 64.7 Å². The predicted molar refractivity (Wildman–Crippen MR) is 73.2 cm³/mol. The first-order valence-corrected chi connectivity index (χ1v) is 8.80. The Bertz CT molecular complexity index is 82.3. The van der Waals surface area contributed by atoms with Gasteiger partial charge in [0.2, 0.25) is 0 Å². The fourth-order valence-corrected chi connectivity index (χ4v) is 2.90. The van der Waals surface area contributed by atoms with Gasteiger partial charge < -0.3 is 0 Å². The van der Waals surface area contributed by atoms with Gasteiger partial charge in [-0.05, 0) is 12.7 Å². The Hall–Kier alpha value is 0.700. The normalized spacial score (nSPS) is 10.7. The average Bonchev–Trinajstić information content (AvgIpc) is 2.21. The Morgan fingerprint density at radius 2 is 1.21 bits per heavy atom. The van der Waals surface area contributed by atoms with E-state index in [1.807, 2.05) is 21.6 Å². The molecule has 0 aromatic rings. The SMILES string of the molecule is CCCCCCCCCCCSSC. The Kier molecular flexibility index (Phi) is 14.4. The smallest absolute Gasteiger partial charge is 0.00368 e. The van der Waals surface area contributed by atoms with Crippen LogP contribution in [-0.4, -0.2) is 12.0 Å². The molecule has 0 bridgehead atoms. The number of rotatable bonds is 11. The second-order valence-electron chi connectivity index (χ2n) is 3.82. The van der Waals surface area contributed by atoms with Crippen molar-refractivity contribution in [3.63, 3.8) is 0 Å². The summed E-state index contributed by atoms with van der Waals surface area (Å²) in [6.07, 6.45) is 15.1. The number of hydrogen-bond donors (Lipinski definition) is 0. The lowest BCUT2D eigenvalue weighted by atomic mass is 10.1. The average molecular weight is 234 g/mol. The van der Waals surface area contributed by atoms with Crippen molar-refractivity contribution >= 4 is 21.6 Å². The molecule has 0 rings (SSSR count). The van der Waals surface area contributed by atoms with Crippen LogP contribution in [0.25, 0.3) is 0 Å². The zero-order chi connectivity index (χ0) is 10.5. The third kappa shape index (κ3) is 12.7. The molecular formula is C12H26S2. The highest BCUT2D eigenvalue weighted by atomic mass is 33.1. The van der Waals surface area contributed by atoms with E-state index in [0.717, 1.165) is 0 Å². The molecular weight excluding hydrogens is 208 g/mol. The first kappa shape index (κ1) is 14.7. The van der Waals surface area contributed by atoms with Crippen LogP contribution >= 0.6 is 21.6 Å². The Labute approximate surface area is 98.4 Å². The van der Waals surface area contributed by atoms with Crippen molar-refractivity contribution in [3.05, 3.63) is 0 Å². The van der Waals surface area contributed by atoms with Crippen LogP contribution in [0.2, 0.25) is 0 Å². The monoisotopic (exact) mass is 234 g/mol. The van der Waals surface area contributed by atoms with Crippen LogP contribution in [0.3, 0.4) is 0 Å². The van der Waals surface area contributed by atoms with Gasteiger partial charge in [-0.15, -0.1) is 0 Å². The third-order valence-electron chi connectivity index (χ3n) is 2.45. The van der Waals surface area contributed by atoms with E-state index in [4.69, 9.17) is 0 Å². The molecule has 0 amide bonds. The van der Waals surface area contributed by atoms with E-state index in [9.17, 15) is 0 Å². The summed E-state index contributed by atoms with van der Waals surface area (Å²) in [5.74, 6) is 1.34. The number of unbranched alkanes of at least 4 members (excludes halogenated alkanes) is 8. The van der Waals surface area contributed by atoms with E-state index in [0.29, 0.717) is 0 Å². The minimum atomic E-state index is 1.34. The van der Waals surface area contributed by atoms with Crippen LogP contribution in [0, 0.1) is 0 Å². The van der Waals surface area contributed by atoms with E-state index < -0.39 is 0 Å². The van der Waals surface area contributed by atoms with Crippen molar-refractivity contribution in [3.8, 4) is 0 Å². The van der Waals surface area contributed by atoms with Gasteiger partial charge in [-0.25, -0.2) is 0 Å². The predicted octanol–water partition coefficient (Wildman–Crippen LogP) is 5.53. The third-order valence-corrected chi connectivity index (χ3v) is 4.35. The molecule has 0 heterocycles. The summed E-state index contributed by atoms with van der Waals surface area (Å²) in [5, 5.41) is 0. The molecule has 0 aliphatic carbocycles. The molecule has 0 spiro atoms. The van der Waals surface area contributed by atoms with Crippen LogP contribution < -0.4 is 0 Å². The van der Waals surface area contributed by atoms with Gasteiger partial charge in [0.15, 0.2) is 0 Å². The number of hydrogen-bond acceptors (Lipinski definition) is 2. The highest BCUT2D eigenvalue weighted by Gasteiger charge is 1.91. The van der Waals surface area contributed by atoms with E-state index in [1.54, 1.807) is 0 Å². The Morgan fingerprint density at radius 3 is 1.71 bits per heavy atom. The second-order valence-corrected chi connectivity index (χ2v) is 6.50. The summed E-state index contributed by atoms with van der Waals surface area (Å²) in [7, 11) is 3.90. The molecule has 0 atom stereocenters. The van der Waals surface area contributed by atoms with Crippen LogP contribution in [-0.2, 0) is 0 Å². The van der Waals surface area contributed by atoms with Gasteiger partial charge in [0, 0.05) is 5.75 Å². The molecule has 0 aromatic heterocycles. The maximum absolute atomic E-state index is 2.28. The molecule has 2 heteroatoms. The van der Waals surface area contributed by atoms with E-state index >= 15 is 0 Å². The molecule has 0 nitrogen and oxygen atoms in total.